The Labute approximate surface area is 116 Å². The van der Waals surface area contributed by atoms with Gasteiger partial charge in [0.25, 0.3) is 0 Å². The lowest BCUT2D eigenvalue weighted by molar-refractivity contribution is -0.128. The first kappa shape index (κ1) is 14.1. The van der Waals surface area contributed by atoms with E-state index in [9.17, 15) is 14.7 Å². The van der Waals surface area contributed by atoms with Gasteiger partial charge in [-0.2, -0.15) is 0 Å². The van der Waals surface area contributed by atoms with Crippen molar-refractivity contribution in [3.63, 3.8) is 0 Å². The van der Waals surface area contributed by atoms with E-state index >= 15 is 0 Å². The highest BCUT2D eigenvalue weighted by Crippen LogP contribution is 2.34. The van der Waals surface area contributed by atoms with Gasteiger partial charge in [0, 0.05) is 20.1 Å². The average molecular weight is 278 g/mol. The topological polar surface area (TPSA) is 109 Å². The van der Waals surface area contributed by atoms with E-state index in [1.54, 1.807) is 7.05 Å². The van der Waals surface area contributed by atoms with Gasteiger partial charge >= 0.3 is 5.97 Å². The highest BCUT2D eigenvalue weighted by molar-refractivity contribution is 5.94. The van der Waals surface area contributed by atoms with Crippen LogP contribution in [0.3, 0.4) is 0 Å². The molecule has 1 amide bonds. The Bertz CT molecular complexity index is 561. The van der Waals surface area contributed by atoms with Crippen LogP contribution < -0.4 is 16.0 Å². The molecule has 4 N–H and O–H groups in total. The Balaban J connectivity index is 2.31. The summed E-state index contributed by atoms with van der Waals surface area (Å²) in [4.78, 5) is 29.1. The van der Waals surface area contributed by atoms with Gasteiger partial charge in [0.05, 0.1) is 17.3 Å². The van der Waals surface area contributed by atoms with Crippen LogP contribution in [0.1, 0.15) is 23.7 Å². The molecular weight excluding hydrogens is 260 g/mol. The highest BCUT2D eigenvalue weighted by Gasteiger charge is 2.41. The number of hydrogen-bond acceptors (Lipinski definition) is 5. The zero-order valence-corrected chi connectivity index (χ0v) is 11.5. The van der Waals surface area contributed by atoms with Crippen molar-refractivity contribution in [1.29, 1.82) is 0 Å². The third-order valence-corrected chi connectivity index (χ3v) is 3.67. The maximum Gasteiger partial charge on any atom is 0.339 e. The molecule has 1 aliphatic rings. The van der Waals surface area contributed by atoms with Crippen LogP contribution in [0.5, 0.6) is 0 Å². The SMILES string of the molecule is CNC(=O)C1(C)CCN(c2ncc(N)cc2C(=O)O)C1. The number of amides is 1. The van der Waals surface area contributed by atoms with Crippen LogP contribution in [0.2, 0.25) is 0 Å². The van der Waals surface area contributed by atoms with E-state index < -0.39 is 11.4 Å². The first-order chi connectivity index (χ1) is 9.37. The van der Waals surface area contributed by atoms with Gasteiger partial charge in [-0.05, 0) is 19.4 Å². The molecule has 0 bridgehead atoms. The van der Waals surface area contributed by atoms with Gasteiger partial charge in [0.2, 0.25) is 5.91 Å². The van der Waals surface area contributed by atoms with E-state index in [2.05, 4.69) is 10.3 Å². The van der Waals surface area contributed by atoms with Gasteiger partial charge in [-0.25, -0.2) is 9.78 Å². The molecule has 2 heterocycles. The molecule has 0 spiro atoms. The van der Waals surface area contributed by atoms with Crippen molar-refractivity contribution in [2.75, 3.05) is 30.8 Å². The first-order valence-electron chi connectivity index (χ1n) is 6.33. The van der Waals surface area contributed by atoms with Crippen LogP contribution in [0.4, 0.5) is 11.5 Å². The largest absolute Gasteiger partial charge is 0.478 e. The molecule has 0 radical (unpaired) electrons. The third kappa shape index (κ3) is 2.38. The Morgan fingerprint density at radius 2 is 2.25 bits per heavy atom. The lowest BCUT2D eigenvalue weighted by atomic mass is 9.89. The normalized spacial score (nSPS) is 21.8. The fourth-order valence-electron chi connectivity index (χ4n) is 2.51. The number of nitrogen functional groups attached to an aromatic ring is 1. The number of pyridine rings is 1. The molecule has 1 fully saturated rings. The number of carbonyl (C=O) groups excluding carboxylic acids is 1. The summed E-state index contributed by atoms with van der Waals surface area (Å²) in [6, 6.07) is 1.39. The number of aromatic nitrogens is 1. The van der Waals surface area contributed by atoms with E-state index in [-0.39, 0.29) is 11.5 Å². The summed E-state index contributed by atoms with van der Waals surface area (Å²) in [6.07, 6.45) is 2.08. The van der Waals surface area contributed by atoms with Crippen LogP contribution in [0, 0.1) is 5.41 Å². The van der Waals surface area contributed by atoms with E-state index in [0.29, 0.717) is 31.0 Å². The number of carboxylic acid groups (broad SMARTS) is 1. The summed E-state index contributed by atoms with van der Waals surface area (Å²) in [7, 11) is 1.60. The monoisotopic (exact) mass is 278 g/mol. The summed E-state index contributed by atoms with van der Waals surface area (Å²) in [6.45, 7) is 2.88. The number of anilines is 2. The maximum atomic E-state index is 11.9. The molecule has 108 valence electrons. The molecule has 1 aromatic rings. The number of nitrogens with zero attached hydrogens (tertiary/aromatic N) is 2. The maximum absolute atomic E-state index is 11.9. The van der Waals surface area contributed by atoms with Crippen molar-refractivity contribution in [2.45, 2.75) is 13.3 Å². The fourth-order valence-corrected chi connectivity index (χ4v) is 2.51. The molecule has 20 heavy (non-hydrogen) atoms. The van der Waals surface area contributed by atoms with Crippen molar-refractivity contribution in [3.8, 4) is 0 Å². The number of rotatable bonds is 3. The summed E-state index contributed by atoms with van der Waals surface area (Å²) in [5.74, 6) is -0.764. The number of nitrogens with one attached hydrogen (secondary N) is 1. The molecule has 1 aromatic heterocycles. The Hall–Kier alpha value is -2.31. The molecule has 2 rings (SSSR count). The highest BCUT2D eigenvalue weighted by atomic mass is 16.4. The van der Waals surface area contributed by atoms with E-state index in [1.165, 1.54) is 12.3 Å². The van der Waals surface area contributed by atoms with Crippen molar-refractivity contribution >= 4 is 23.4 Å². The number of carboxylic acids is 1. The molecule has 7 nitrogen and oxygen atoms in total. The third-order valence-electron chi connectivity index (χ3n) is 3.67. The molecule has 1 unspecified atom stereocenters. The molecule has 0 saturated carbocycles. The summed E-state index contributed by atoms with van der Waals surface area (Å²) >= 11 is 0. The molecule has 1 atom stereocenters. The van der Waals surface area contributed by atoms with E-state index in [4.69, 9.17) is 5.73 Å². The van der Waals surface area contributed by atoms with Gasteiger partial charge in [0.1, 0.15) is 11.4 Å². The average Bonchev–Trinajstić information content (AvgIpc) is 2.81. The summed E-state index contributed by atoms with van der Waals surface area (Å²) < 4.78 is 0. The summed E-state index contributed by atoms with van der Waals surface area (Å²) in [5.41, 5.74) is 5.41. The van der Waals surface area contributed by atoms with Crippen LogP contribution in [0.25, 0.3) is 0 Å². The van der Waals surface area contributed by atoms with Gasteiger partial charge in [-0.1, -0.05) is 0 Å². The quantitative estimate of drug-likeness (QED) is 0.735. The van der Waals surface area contributed by atoms with Gasteiger partial charge in [0.15, 0.2) is 0 Å². The molecule has 1 saturated heterocycles. The first-order valence-corrected chi connectivity index (χ1v) is 6.33. The number of nitrogens with two attached hydrogens (primary N) is 1. The summed E-state index contributed by atoms with van der Waals surface area (Å²) in [5, 5.41) is 11.9. The fraction of sp³-hybridized carbons (Fsp3) is 0.462. The van der Waals surface area contributed by atoms with Crippen LogP contribution >= 0.6 is 0 Å². The Kier molecular flexibility index (Phi) is 3.52. The minimum atomic E-state index is -1.08. The molecular formula is C13H18N4O3. The van der Waals surface area contributed by atoms with Gasteiger partial charge in [-0.15, -0.1) is 0 Å². The number of hydrogen-bond donors (Lipinski definition) is 3. The van der Waals surface area contributed by atoms with Crippen molar-refractivity contribution in [2.24, 2.45) is 5.41 Å². The van der Waals surface area contributed by atoms with Crippen molar-refractivity contribution < 1.29 is 14.7 Å². The lowest BCUT2D eigenvalue weighted by Crippen LogP contribution is -2.39. The predicted molar refractivity (Wildman–Crippen MR) is 74.6 cm³/mol. The van der Waals surface area contributed by atoms with Crippen molar-refractivity contribution in [3.05, 3.63) is 17.8 Å². The zero-order valence-electron chi connectivity index (χ0n) is 11.5. The Morgan fingerprint density at radius 1 is 1.55 bits per heavy atom. The minimum Gasteiger partial charge on any atom is -0.478 e. The second-order valence-corrected chi connectivity index (χ2v) is 5.26. The molecule has 0 aliphatic carbocycles. The number of aromatic carboxylic acids is 1. The zero-order chi connectivity index (χ0) is 14.9. The van der Waals surface area contributed by atoms with E-state index in [1.807, 2.05) is 11.8 Å². The minimum absolute atomic E-state index is 0.0488. The second-order valence-electron chi connectivity index (χ2n) is 5.26. The predicted octanol–water partition coefficient (Wildman–Crippen LogP) is 0.324. The standard InChI is InChI=1S/C13H18N4O3/c1-13(12(20)15-2)3-4-17(7-13)10-9(11(18)19)5-8(14)6-16-10/h5-6H,3-4,7,14H2,1-2H3,(H,15,20)(H,18,19). The van der Waals surface area contributed by atoms with Crippen LogP contribution in [0.15, 0.2) is 12.3 Å². The lowest BCUT2D eigenvalue weighted by Gasteiger charge is -2.24. The van der Waals surface area contributed by atoms with Gasteiger partial charge < -0.3 is 21.1 Å². The van der Waals surface area contributed by atoms with Crippen LogP contribution in [-0.2, 0) is 4.79 Å². The van der Waals surface area contributed by atoms with Crippen molar-refractivity contribution in [1.82, 2.24) is 10.3 Å². The molecule has 1 aliphatic heterocycles. The number of carbonyl (C=O) groups is 2. The van der Waals surface area contributed by atoms with E-state index in [0.717, 1.165) is 0 Å². The smallest absolute Gasteiger partial charge is 0.339 e. The molecule has 7 heteroatoms. The van der Waals surface area contributed by atoms with Gasteiger partial charge in [-0.3, -0.25) is 4.79 Å². The van der Waals surface area contributed by atoms with Crippen LogP contribution in [-0.4, -0.2) is 42.1 Å². The molecule has 0 aromatic carbocycles. The Morgan fingerprint density at radius 3 is 2.85 bits per heavy atom. The second kappa shape index (κ2) is 4.99.